The summed E-state index contributed by atoms with van der Waals surface area (Å²) in [7, 11) is 0. The third-order valence-corrected chi connectivity index (χ3v) is 2.87. The molecule has 2 aromatic rings. The molecule has 0 aliphatic carbocycles. The molecule has 3 N–H and O–H groups in total. The Bertz CT molecular complexity index is 634. The van der Waals surface area contributed by atoms with Crippen LogP contribution in [0.2, 0.25) is 5.02 Å². The number of nitrogens with two attached hydrogens (primary N) is 1. The second-order valence-corrected chi connectivity index (χ2v) is 4.53. The van der Waals surface area contributed by atoms with Crippen molar-refractivity contribution < 1.29 is 9.66 Å². The number of benzene rings is 1. The van der Waals surface area contributed by atoms with Gasteiger partial charge < -0.3 is 15.8 Å². The molecule has 1 aromatic heterocycles. The summed E-state index contributed by atoms with van der Waals surface area (Å²) in [6.07, 6.45) is 1.15. The zero-order valence-corrected chi connectivity index (χ0v) is 11.7. The predicted octanol–water partition coefficient (Wildman–Crippen LogP) is 2.72. The molecule has 1 heterocycles. The monoisotopic (exact) mass is 308 g/mol. The molecule has 7 nitrogen and oxygen atoms in total. The molecule has 0 saturated carbocycles. The smallest absolute Gasteiger partial charge is 0.289 e. The molecule has 0 unspecified atom stereocenters. The van der Waals surface area contributed by atoms with E-state index >= 15 is 0 Å². The normalized spacial score (nSPS) is 10.1. The van der Waals surface area contributed by atoms with Crippen LogP contribution < -0.4 is 15.8 Å². The second kappa shape index (κ2) is 6.76. The largest absolute Gasteiger partial charge is 0.492 e. The first-order valence-electron chi connectivity index (χ1n) is 6.08. The van der Waals surface area contributed by atoms with Gasteiger partial charge in [-0.3, -0.25) is 10.1 Å². The quantitative estimate of drug-likeness (QED) is 0.368. The maximum absolute atomic E-state index is 10.6. The Kier molecular flexibility index (Phi) is 4.78. The van der Waals surface area contributed by atoms with Crippen LogP contribution >= 0.6 is 11.6 Å². The number of aromatic nitrogens is 1. The number of nitrogen functional groups attached to an aromatic ring is 1. The lowest BCUT2D eigenvalue weighted by Crippen LogP contribution is -2.12. The first-order valence-corrected chi connectivity index (χ1v) is 6.46. The molecule has 0 spiro atoms. The lowest BCUT2D eigenvalue weighted by atomic mass is 10.3. The molecule has 0 saturated heterocycles. The maximum Gasteiger partial charge on any atom is 0.289 e. The SMILES string of the molecule is Nc1ccc(OCCNc2ncc([N+](=O)[O-])cc2Cl)cc1. The number of rotatable bonds is 6. The van der Waals surface area contributed by atoms with E-state index in [1.165, 1.54) is 6.07 Å². The highest BCUT2D eigenvalue weighted by Gasteiger charge is 2.10. The minimum absolute atomic E-state index is 0.149. The van der Waals surface area contributed by atoms with Crippen molar-refractivity contribution in [2.24, 2.45) is 0 Å². The van der Waals surface area contributed by atoms with E-state index in [0.29, 0.717) is 30.4 Å². The molecule has 0 aliphatic heterocycles. The highest BCUT2D eigenvalue weighted by atomic mass is 35.5. The van der Waals surface area contributed by atoms with Crippen molar-refractivity contribution in [2.75, 3.05) is 24.2 Å². The zero-order valence-electron chi connectivity index (χ0n) is 11.0. The number of nitrogens with zero attached hydrogens (tertiary/aromatic N) is 2. The first kappa shape index (κ1) is 14.9. The van der Waals surface area contributed by atoms with Gasteiger partial charge in [0.2, 0.25) is 0 Å². The summed E-state index contributed by atoms with van der Waals surface area (Å²) >= 11 is 5.90. The molecule has 21 heavy (non-hydrogen) atoms. The van der Waals surface area contributed by atoms with Crippen molar-refractivity contribution in [3.63, 3.8) is 0 Å². The summed E-state index contributed by atoms with van der Waals surface area (Å²) in [4.78, 5) is 13.9. The Balaban J connectivity index is 1.83. The van der Waals surface area contributed by atoms with Gasteiger partial charge >= 0.3 is 0 Å². The molecule has 1 aromatic carbocycles. The van der Waals surface area contributed by atoms with Crippen LogP contribution in [-0.2, 0) is 0 Å². The Morgan fingerprint density at radius 3 is 2.71 bits per heavy atom. The highest BCUT2D eigenvalue weighted by molar-refractivity contribution is 6.33. The van der Waals surface area contributed by atoms with Crippen LogP contribution in [-0.4, -0.2) is 23.1 Å². The Labute approximate surface area is 125 Å². The summed E-state index contributed by atoms with van der Waals surface area (Å²) in [6, 6.07) is 8.28. The number of halogens is 1. The molecule has 2 rings (SSSR count). The third-order valence-electron chi connectivity index (χ3n) is 2.58. The highest BCUT2D eigenvalue weighted by Crippen LogP contribution is 2.23. The Morgan fingerprint density at radius 2 is 2.10 bits per heavy atom. The van der Waals surface area contributed by atoms with Crippen LogP contribution in [0.25, 0.3) is 0 Å². The van der Waals surface area contributed by atoms with E-state index in [2.05, 4.69) is 10.3 Å². The van der Waals surface area contributed by atoms with Gasteiger partial charge in [-0.1, -0.05) is 11.6 Å². The number of hydrogen-bond donors (Lipinski definition) is 2. The molecule has 0 amide bonds. The number of anilines is 2. The molecule has 110 valence electrons. The number of hydrogen-bond acceptors (Lipinski definition) is 6. The Hall–Kier alpha value is -2.54. The topological polar surface area (TPSA) is 103 Å². The van der Waals surface area contributed by atoms with Gasteiger partial charge in [-0.25, -0.2) is 4.98 Å². The van der Waals surface area contributed by atoms with Gasteiger partial charge in [0.25, 0.3) is 5.69 Å². The van der Waals surface area contributed by atoms with Gasteiger partial charge in [0.05, 0.1) is 16.5 Å². The van der Waals surface area contributed by atoms with E-state index in [1.54, 1.807) is 24.3 Å². The van der Waals surface area contributed by atoms with Crippen LogP contribution in [0.4, 0.5) is 17.2 Å². The van der Waals surface area contributed by atoms with Crippen molar-refractivity contribution >= 4 is 28.8 Å². The number of nitro groups is 1. The molecular weight excluding hydrogens is 296 g/mol. The third kappa shape index (κ3) is 4.22. The van der Waals surface area contributed by atoms with Gasteiger partial charge in [0.1, 0.15) is 24.4 Å². The number of pyridine rings is 1. The van der Waals surface area contributed by atoms with Crippen LogP contribution in [0.5, 0.6) is 5.75 Å². The summed E-state index contributed by atoms with van der Waals surface area (Å²) in [5, 5.41) is 13.7. The molecule has 8 heteroatoms. The van der Waals surface area contributed by atoms with Crippen LogP contribution in [0.1, 0.15) is 0 Å². The van der Waals surface area contributed by atoms with Crippen LogP contribution in [0.3, 0.4) is 0 Å². The van der Waals surface area contributed by atoms with Gasteiger partial charge in [-0.05, 0) is 24.3 Å². The lowest BCUT2D eigenvalue weighted by Gasteiger charge is -2.09. The van der Waals surface area contributed by atoms with E-state index in [4.69, 9.17) is 22.1 Å². The minimum Gasteiger partial charge on any atom is -0.492 e. The summed E-state index contributed by atoms with van der Waals surface area (Å²) in [5.41, 5.74) is 6.09. The molecule has 0 radical (unpaired) electrons. The summed E-state index contributed by atoms with van der Waals surface area (Å²) < 4.78 is 5.49. The fraction of sp³-hybridized carbons (Fsp3) is 0.154. The number of nitrogens with one attached hydrogen (secondary N) is 1. The fourth-order valence-corrected chi connectivity index (χ4v) is 1.79. The molecule has 0 atom stereocenters. The minimum atomic E-state index is -0.549. The maximum atomic E-state index is 10.6. The van der Waals surface area contributed by atoms with E-state index in [0.717, 1.165) is 6.20 Å². The molecule has 0 aliphatic rings. The molecule has 0 fully saturated rings. The average molecular weight is 309 g/mol. The van der Waals surface area contributed by atoms with Crippen LogP contribution in [0.15, 0.2) is 36.5 Å². The van der Waals surface area contributed by atoms with Crippen molar-refractivity contribution in [1.29, 1.82) is 0 Å². The summed E-state index contributed by atoms with van der Waals surface area (Å²) in [5.74, 6) is 1.08. The lowest BCUT2D eigenvalue weighted by molar-refractivity contribution is -0.385. The molecule has 0 bridgehead atoms. The first-order chi connectivity index (χ1) is 10.1. The van der Waals surface area contributed by atoms with E-state index < -0.39 is 4.92 Å². The van der Waals surface area contributed by atoms with Gasteiger partial charge in [0.15, 0.2) is 0 Å². The zero-order chi connectivity index (χ0) is 15.2. The Morgan fingerprint density at radius 1 is 1.38 bits per heavy atom. The predicted molar refractivity (Wildman–Crippen MR) is 80.7 cm³/mol. The fourth-order valence-electron chi connectivity index (χ4n) is 1.56. The van der Waals surface area contributed by atoms with Crippen molar-refractivity contribution in [1.82, 2.24) is 4.98 Å². The van der Waals surface area contributed by atoms with E-state index in [9.17, 15) is 10.1 Å². The molecular formula is C13H13ClN4O3. The second-order valence-electron chi connectivity index (χ2n) is 4.13. The van der Waals surface area contributed by atoms with Crippen molar-refractivity contribution in [3.05, 3.63) is 51.7 Å². The van der Waals surface area contributed by atoms with Crippen molar-refractivity contribution in [2.45, 2.75) is 0 Å². The van der Waals surface area contributed by atoms with Crippen LogP contribution in [0, 0.1) is 10.1 Å². The standard InChI is InChI=1S/C13H13ClN4O3/c14-12-7-10(18(19)20)8-17-13(12)16-5-6-21-11-3-1-9(15)2-4-11/h1-4,7-8H,5-6,15H2,(H,16,17). The van der Waals surface area contributed by atoms with Gasteiger partial charge in [-0.15, -0.1) is 0 Å². The van der Waals surface area contributed by atoms with Gasteiger partial charge in [0, 0.05) is 11.8 Å². The average Bonchev–Trinajstić information content (AvgIpc) is 2.46. The summed E-state index contributed by atoms with van der Waals surface area (Å²) in [6.45, 7) is 0.841. The van der Waals surface area contributed by atoms with E-state index in [1.807, 2.05) is 0 Å². The number of ether oxygens (including phenoxy) is 1. The van der Waals surface area contributed by atoms with Crippen molar-refractivity contribution in [3.8, 4) is 5.75 Å². The van der Waals surface area contributed by atoms with E-state index in [-0.39, 0.29) is 10.7 Å². The van der Waals surface area contributed by atoms with Gasteiger partial charge in [-0.2, -0.15) is 0 Å².